The van der Waals surface area contributed by atoms with Gasteiger partial charge in [-0.3, -0.25) is 24.3 Å². The Bertz CT molecular complexity index is 1050. The lowest BCUT2D eigenvalue weighted by Crippen LogP contribution is -2.26. The second kappa shape index (κ2) is 8.26. The van der Waals surface area contributed by atoms with Gasteiger partial charge in [-0.15, -0.1) is 0 Å². The van der Waals surface area contributed by atoms with Crippen LogP contribution in [0, 0.1) is 30.9 Å². The van der Waals surface area contributed by atoms with Crippen LogP contribution in [-0.4, -0.2) is 30.4 Å². The summed E-state index contributed by atoms with van der Waals surface area (Å²) in [6.07, 6.45) is 2.86. The summed E-state index contributed by atoms with van der Waals surface area (Å²) in [5.74, 6) is -0.285. The van der Waals surface area contributed by atoms with E-state index in [1.54, 1.807) is 0 Å². The number of carbonyl (C=O) groups excluding carboxylic acids is 1. The topological polar surface area (TPSA) is 108 Å². The Morgan fingerprint density at radius 1 is 1.28 bits per heavy atom. The quantitative estimate of drug-likeness (QED) is 0.485. The van der Waals surface area contributed by atoms with Crippen molar-refractivity contribution in [1.29, 1.82) is 0 Å². The first-order chi connectivity index (χ1) is 13.8. The van der Waals surface area contributed by atoms with E-state index in [1.807, 2.05) is 37.6 Å². The molecule has 152 valence electrons. The van der Waals surface area contributed by atoms with Crippen LogP contribution in [0.25, 0.3) is 0 Å². The van der Waals surface area contributed by atoms with Gasteiger partial charge in [0.05, 0.1) is 28.5 Å². The molecule has 2 heterocycles. The van der Waals surface area contributed by atoms with Crippen LogP contribution < -0.4 is 5.32 Å². The average Bonchev–Trinajstić information content (AvgIpc) is 3.26. The normalized spacial score (nSPS) is 12.0. The first kappa shape index (κ1) is 20.2. The van der Waals surface area contributed by atoms with Gasteiger partial charge in [0.15, 0.2) is 0 Å². The number of aromatic nitrogens is 4. The third-order valence-electron chi connectivity index (χ3n) is 5.02. The van der Waals surface area contributed by atoms with Crippen LogP contribution in [0.2, 0.25) is 0 Å². The molecule has 0 fully saturated rings. The Balaban J connectivity index is 1.81. The molecule has 9 nitrogen and oxygen atoms in total. The third-order valence-corrected chi connectivity index (χ3v) is 5.02. The Hall–Kier alpha value is -3.49. The number of aryl methyl sites for hydroxylation is 2. The van der Waals surface area contributed by atoms with Crippen molar-refractivity contribution >= 4 is 17.3 Å². The SMILES string of the molecule is CCC(C(=O)Nc1c(C)nn(Cc2ccccc2C)c1C)n1cc([N+](=O)[O-])cn1. The molecule has 3 aromatic rings. The maximum Gasteiger partial charge on any atom is 0.307 e. The van der Waals surface area contributed by atoms with E-state index in [1.165, 1.54) is 16.4 Å². The lowest BCUT2D eigenvalue weighted by Gasteiger charge is -2.15. The van der Waals surface area contributed by atoms with Crippen LogP contribution >= 0.6 is 0 Å². The van der Waals surface area contributed by atoms with E-state index >= 15 is 0 Å². The zero-order valence-corrected chi connectivity index (χ0v) is 16.9. The average molecular weight is 396 g/mol. The van der Waals surface area contributed by atoms with Crippen molar-refractivity contribution in [2.24, 2.45) is 0 Å². The number of nitro groups is 1. The number of hydrogen-bond donors (Lipinski definition) is 1. The second-order valence-corrected chi connectivity index (χ2v) is 6.98. The molecule has 1 atom stereocenters. The van der Waals surface area contributed by atoms with E-state index in [9.17, 15) is 14.9 Å². The van der Waals surface area contributed by atoms with Gasteiger partial charge in [-0.25, -0.2) is 0 Å². The lowest BCUT2D eigenvalue weighted by atomic mass is 10.1. The van der Waals surface area contributed by atoms with Crippen molar-refractivity contribution in [3.05, 3.63) is 69.3 Å². The van der Waals surface area contributed by atoms with Crippen molar-refractivity contribution in [3.8, 4) is 0 Å². The van der Waals surface area contributed by atoms with E-state index in [2.05, 4.69) is 34.6 Å². The van der Waals surface area contributed by atoms with Crippen LogP contribution in [0.1, 0.15) is 41.9 Å². The molecule has 0 bridgehead atoms. The first-order valence-corrected chi connectivity index (χ1v) is 9.39. The summed E-state index contributed by atoms with van der Waals surface area (Å²) < 4.78 is 3.20. The van der Waals surface area contributed by atoms with E-state index in [0.717, 1.165) is 17.5 Å². The summed E-state index contributed by atoms with van der Waals surface area (Å²) in [6.45, 7) is 8.25. The van der Waals surface area contributed by atoms with Crippen LogP contribution in [0.4, 0.5) is 11.4 Å². The van der Waals surface area contributed by atoms with Crippen LogP contribution in [0.15, 0.2) is 36.7 Å². The highest BCUT2D eigenvalue weighted by Crippen LogP contribution is 2.24. The maximum atomic E-state index is 12.9. The Morgan fingerprint density at radius 3 is 2.62 bits per heavy atom. The van der Waals surface area contributed by atoms with Gasteiger partial charge in [-0.05, 0) is 38.3 Å². The van der Waals surface area contributed by atoms with Gasteiger partial charge in [-0.2, -0.15) is 10.2 Å². The van der Waals surface area contributed by atoms with Crippen LogP contribution in [0.5, 0.6) is 0 Å². The first-order valence-electron chi connectivity index (χ1n) is 9.39. The van der Waals surface area contributed by atoms with E-state index < -0.39 is 11.0 Å². The van der Waals surface area contributed by atoms with Crippen molar-refractivity contribution in [2.45, 2.75) is 46.7 Å². The molecule has 0 saturated carbocycles. The van der Waals surface area contributed by atoms with Gasteiger partial charge in [0.25, 0.3) is 0 Å². The van der Waals surface area contributed by atoms with Crippen molar-refractivity contribution < 1.29 is 9.72 Å². The van der Waals surface area contributed by atoms with Gasteiger partial charge < -0.3 is 5.32 Å². The Morgan fingerprint density at radius 2 is 2.00 bits per heavy atom. The lowest BCUT2D eigenvalue weighted by molar-refractivity contribution is -0.385. The number of benzene rings is 1. The van der Waals surface area contributed by atoms with Crippen molar-refractivity contribution in [2.75, 3.05) is 5.32 Å². The number of amides is 1. The van der Waals surface area contributed by atoms with Crippen molar-refractivity contribution in [1.82, 2.24) is 19.6 Å². The summed E-state index contributed by atoms with van der Waals surface area (Å²) in [5, 5.41) is 22.4. The van der Waals surface area contributed by atoms with Gasteiger partial charge in [-0.1, -0.05) is 31.2 Å². The van der Waals surface area contributed by atoms with E-state index in [-0.39, 0.29) is 11.6 Å². The van der Waals surface area contributed by atoms with Crippen LogP contribution in [-0.2, 0) is 11.3 Å². The van der Waals surface area contributed by atoms with Gasteiger partial charge in [0.1, 0.15) is 18.4 Å². The molecule has 0 aliphatic rings. The smallest absolute Gasteiger partial charge is 0.307 e. The summed E-state index contributed by atoms with van der Waals surface area (Å²) in [4.78, 5) is 23.2. The molecule has 1 N–H and O–H groups in total. The monoisotopic (exact) mass is 396 g/mol. The molecule has 29 heavy (non-hydrogen) atoms. The summed E-state index contributed by atoms with van der Waals surface area (Å²) in [6, 6.07) is 7.45. The predicted octanol–water partition coefficient (Wildman–Crippen LogP) is 3.55. The van der Waals surface area contributed by atoms with Gasteiger partial charge in [0.2, 0.25) is 5.91 Å². The molecule has 0 aliphatic heterocycles. The molecular formula is C20H24N6O3. The van der Waals surface area contributed by atoms with Crippen molar-refractivity contribution in [3.63, 3.8) is 0 Å². The van der Waals surface area contributed by atoms with E-state index in [4.69, 9.17) is 0 Å². The zero-order valence-electron chi connectivity index (χ0n) is 16.9. The number of rotatable bonds is 7. The zero-order chi connectivity index (χ0) is 21.1. The summed E-state index contributed by atoms with van der Waals surface area (Å²) in [7, 11) is 0. The molecular weight excluding hydrogens is 372 g/mol. The molecule has 0 radical (unpaired) electrons. The molecule has 0 aliphatic carbocycles. The van der Waals surface area contributed by atoms with E-state index in [0.29, 0.717) is 24.3 Å². The number of anilines is 1. The van der Waals surface area contributed by atoms with Gasteiger partial charge >= 0.3 is 5.69 Å². The number of nitrogens with one attached hydrogen (secondary N) is 1. The minimum Gasteiger partial charge on any atom is -0.321 e. The molecule has 1 unspecified atom stereocenters. The highest BCUT2D eigenvalue weighted by molar-refractivity contribution is 5.94. The highest BCUT2D eigenvalue weighted by Gasteiger charge is 2.24. The number of nitrogens with zero attached hydrogens (tertiary/aromatic N) is 5. The summed E-state index contributed by atoms with van der Waals surface area (Å²) in [5.41, 5.74) is 4.41. The molecule has 1 aromatic carbocycles. The minimum atomic E-state index is -0.651. The number of hydrogen-bond acceptors (Lipinski definition) is 5. The number of carbonyl (C=O) groups is 1. The fourth-order valence-electron chi connectivity index (χ4n) is 3.27. The molecule has 1 amide bonds. The van der Waals surface area contributed by atoms with Crippen LogP contribution in [0.3, 0.4) is 0 Å². The fraction of sp³-hybridized carbons (Fsp3) is 0.350. The molecule has 2 aromatic heterocycles. The molecule has 0 spiro atoms. The Labute approximate surface area is 168 Å². The highest BCUT2D eigenvalue weighted by atomic mass is 16.6. The minimum absolute atomic E-state index is 0.144. The fourth-order valence-corrected chi connectivity index (χ4v) is 3.27. The molecule has 9 heteroatoms. The second-order valence-electron chi connectivity index (χ2n) is 6.98. The molecule has 0 saturated heterocycles. The predicted molar refractivity (Wildman–Crippen MR) is 109 cm³/mol. The Kier molecular flexibility index (Phi) is 5.76. The summed E-state index contributed by atoms with van der Waals surface area (Å²) >= 11 is 0. The standard InChI is InChI=1S/C20H24N6O3/c1-5-18(25-12-17(10-21-25)26(28)29)20(27)22-19-14(3)23-24(15(19)4)11-16-9-7-6-8-13(16)2/h6-10,12,18H,5,11H2,1-4H3,(H,22,27). The largest absolute Gasteiger partial charge is 0.321 e. The third kappa shape index (κ3) is 4.18. The molecule has 3 rings (SSSR count). The van der Waals surface area contributed by atoms with Gasteiger partial charge in [0, 0.05) is 0 Å². The maximum absolute atomic E-state index is 12.9.